The standard InChI is InChI=1S/C45H77N.ClH/c1-5-7-9-11-13-15-17-19-21-23-25-27-29-31-33-38-42-45(46(3)4,44-40-36-35-37-41-44)43-39-34-32-30-28-26-24-22-20-18-16-14-12-10-8-6-2;/h31-43H,5-30H2,1-4H3;1H. The molecule has 270 valence electrons. The third-order valence-corrected chi connectivity index (χ3v) is 9.74. The lowest BCUT2D eigenvalue weighted by Gasteiger charge is -2.31. The minimum Gasteiger partial charge on any atom is -1.00 e. The molecule has 0 atom stereocenters. The van der Waals surface area contributed by atoms with Crippen LogP contribution < -0.4 is 17.3 Å². The van der Waals surface area contributed by atoms with E-state index in [1.165, 1.54) is 177 Å². The molecule has 0 aliphatic carbocycles. The Balaban J connectivity index is 0.0000212. The van der Waals surface area contributed by atoms with Gasteiger partial charge in [-0.2, -0.15) is 0 Å². The number of unbranched alkanes of at least 4 members (excludes halogenated alkanes) is 24. The maximum Gasteiger partial charge on any atom is 0.161 e. The van der Waals surface area contributed by atoms with Gasteiger partial charge in [0.25, 0.3) is 0 Å². The van der Waals surface area contributed by atoms with E-state index >= 15 is 0 Å². The van der Waals surface area contributed by atoms with E-state index in [4.69, 9.17) is 0 Å². The lowest BCUT2D eigenvalue weighted by atomic mass is 9.87. The predicted octanol–water partition coefficient (Wildman–Crippen LogP) is 10.4. The van der Waals surface area contributed by atoms with Crippen molar-refractivity contribution in [2.45, 2.75) is 186 Å². The van der Waals surface area contributed by atoms with Gasteiger partial charge in [-0.15, -0.1) is 0 Å². The molecule has 0 amide bonds. The first-order valence-corrected chi connectivity index (χ1v) is 20.2. The maximum atomic E-state index is 2.39. The quantitative estimate of drug-likeness (QED) is 0.0576. The Morgan fingerprint density at radius 3 is 1.09 bits per heavy atom. The normalized spacial score (nSPS) is 13.5. The number of allylic oxidation sites excluding steroid dienone is 6. The summed E-state index contributed by atoms with van der Waals surface area (Å²) in [5.41, 5.74) is 1.16. The molecule has 0 aliphatic rings. The number of halogens is 1. The second-order valence-electron chi connectivity index (χ2n) is 14.2. The van der Waals surface area contributed by atoms with Crippen LogP contribution in [-0.2, 0) is 5.54 Å². The first-order valence-electron chi connectivity index (χ1n) is 20.2. The first kappa shape index (κ1) is 45.4. The van der Waals surface area contributed by atoms with Gasteiger partial charge in [0.15, 0.2) is 5.54 Å². The van der Waals surface area contributed by atoms with Crippen LogP contribution in [0.5, 0.6) is 0 Å². The number of hydrogen-bond donors (Lipinski definition) is 1. The summed E-state index contributed by atoms with van der Waals surface area (Å²) in [7, 11) is 4.54. The van der Waals surface area contributed by atoms with Crippen molar-refractivity contribution in [1.82, 2.24) is 0 Å². The highest BCUT2D eigenvalue weighted by Gasteiger charge is 2.32. The van der Waals surface area contributed by atoms with Gasteiger partial charge in [0, 0.05) is 5.56 Å². The van der Waals surface area contributed by atoms with E-state index in [9.17, 15) is 0 Å². The second-order valence-corrected chi connectivity index (χ2v) is 14.2. The Morgan fingerprint density at radius 1 is 0.447 bits per heavy atom. The second kappa shape index (κ2) is 34.3. The molecule has 0 heterocycles. The van der Waals surface area contributed by atoms with Gasteiger partial charge in [-0.25, -0.2) is 0 Å². The van der Waals surface area contributed by atoms with E-state index in [1.54, 1.807) is 0 Å². The SMILES string of the molecule is CCCCCCCCCCCCCCC=CC=CC(C=CC=CCCCCCCCCCCCCCC)(c1ccccc1)[NH+](C)C.[Cl-]. The largest absolute Gasteiger partial charge is 1.00 e. The van der Waals surface area contributed by atoms with Crippen molar-refractivity contribution in [3.05, 3.63) is 84.5 Å². The van der Waals surface area contributed by atoms with Crippen molar-refractivity contribution in [3.63, 3.8) is 0 Å². The fourth-order valence-corrected chi connectivity index (χ4v) is 6.55. The summed E-state index contributed by atoms with van der Waals surface area (Å²) in [5, 5.41) is 0. The third kappa shape index (κ3) is 25.1. The van der Waals surface area contributed by atoms with Gasteiger partial charge in [0.05, 0.1) is 14.1 Å². The maximum absolute atomic E-state index is 2.39. The molecule has 0 saturated carbocycles. The van der Waals surface area contributed by atoms with Crippen LogP contribution in [0, 0.1) is 0 Å². The molecule has 0 unspecified atom stereocenters. The zero-order chi connectivity index (χ0) is 33.2. The van der Waals surface area contributed by atoms with E-state index in [0.717, 1.165) is 0 Å². The fraction of sp³-hybridized carbons (Fsp3) is 0.689. The van der Waals surface area contributed by atoms with Gasteiger partial charge in [0.1, 0.15) is 0 Å². The highest BCUT2D eigenvalue weighted by atomic mass is 35.5. The number of likely N-dealkylation sites (N-methyl/N-ethyl adjacent to an activating group) is 1. The molecule has 1 N–H and O–H groups in total. The van der Waals surface area contributed by atoms with Crippen molar-refractivity contribution < 1.29 is 17.3 Å². The third-order valence-electron chi connectivity index (χ3n) is 9.74. The van der Waals surface area contributed by atoms with Crippen molar-refractivity contribution in [2.75, 3.05) is 14.1 Å². The van der Waals surface area contributed by atoms with E-state index in [-0.39, 0.29) is 17.9 Å². The number of benzene rings is 1. The Morgan fingerprint density at radius 2 is 0.766 bits per heavy atom. The fourth-order valence-electron chi connectivity index (χ4n) is 6.55. The van der Waals surface area contributed by atoms with E-state index in [2.05, 4.69) is 107 Å². The summed E-state index contributed by atoms with van der Waals surface area (Å²) in [5.74, 6) is 0. The number of nitrogens with one attached hydrogen (secondary N) is 1. The number of quaternary nitrogens is 1. The number of hydrogen-bond acceptors (Lipinski definition) is 0. The van der Waals surface area contributed by atoms with Crippen LogP contribution in [0.3, 0.4) is 0 Å². The summed E-state index contributed by atoms with van der Waals surface area (Å²) in [6, 6.07) is 11.0. The molecule has 0 bridgehead atoms. The Bertz CT molecular complexity index is 832. The van der Waals surface area contributed by atoms with Crippen molar-refractivity contribution in [1.29, 1.82) is 0 Å². The molecular formula is C45H78ClN. The van der Waals surface area contributed by atoms with Gasteiger partial charge < -0.3 is 17.3 Å². The molecule has 0 radical (unpaired) electrons. The van der Waals surface area contributed by atoms with Crippen molar-refractivity contribution in [2.24, 2.45) is 0 Å². The van der Waals surface area contributed by atoms with Crippen molar-refractivity contribution >= 4 is 0 Å². The summed E-state index contributed by atoms with van der Waals surface area (Å²) >= 11 is 0. The van der Waals surface area contributed by atoms with E-state index < -0.39 is 0 Å². The Kier molecular flexibility index (Phi) is 33.2. The average molecular weight is 669 g/mol. The summed E-state index contributed by atoms with van der Waals surface area (Å²) < 4.78 is 0. The molecule has 0 aliphatic heterocycles. The minimum absolute atomic E-state index is 0. The van der Waals surface area contributed by atoms with Crippen LogP contribution in [0.25, 0.3) is 0 Å². The molecule has 0 fully saturated rings. The van der Waals surface area contributed by atoms with Gasteiger partial charge in [-0.3, -0.25) is 0 Å². The van der Waals surface area contributed by atoms with Gasteiger partial charge in [-0.1, -0.05) is 222 Å². The molecule has 2 heteroatoms. The molecule has 1 aromatic carbocycles. The highest BCUT2D eigenvalue weighted by molar-refractivity contribution is 5.34. The molecule has 0 spiro atoms. The van der Waals surface area contributed by atoms with Gasteiger partial charge in [-0.05, 0) is 37.8 Å². The Hall–Kier alpha value is -1.57. The minimum atomic E-state index is -0.179. The van der Waals surface area contributed by atoms with Gasteiger partial charge in [0.2, 0.25) is 0 Å². The first-order chi connectivity index (χ1) is 22.7. The van der Waals surface area contributed by atoms with E-state index in [0.29, 0.717) is 0 Å². The summed E-state index contributed by atoms with van der Waals surface area (Å²) in [6.07, 6.45) is 54.9. The zero-order valence-electron chi connectivity index (χ0n) is 31.8. The van der Waals surface area contributed by atoms with Crippen LogP contribution in [0.2, 0.25) is 0 Å². The summed E-state index contributed by atoms with van der Waals surface area (Å²) in [6.45, 7) is 4.60. The smallest absolute Gasteiger partial charge is 0.161 e. The lowest BCUT2D eigenvalue weighted by molar-refractivity contribution is -0.906. The van der Waals surface area contributed by atoms with Crippen LogP contribution >= 0.6 is 0 Å². The lowest BCUT2D eigenvalue weighted by Crippen LogP contribution is -3.13. The summed E-state index contributed by atoms with van der Waals surface area (Å²) in [4.78, 5) is 1.40. The van der Waals surface area contributed by atoms with Crippen LogP contribution in [-0.4, -0.2) is 14.1 Å². The molecule has 0 aromatic heterocycles. The highest BCUT2D eigenvalue weighted by Crippen LogP contribution is 2.22. The molecule has 1 nitrogen and oxygen atoms in total. The van der Waals surface area contributed by atoms with Crippen LogP contribution in [0.4, 0.5) is 0 Å². The van der Waals surface area contributed by atoms with E-state index in [1.807, 2.05) is 0 Å². The van der Waals surface area contributed by atoms with Gasteiger partial charge >= 0.3 is 0 Å². The Labute approximate surface area is 301 Å². The molecule has 0 saturated heterocycles. The number of rotatable bonds is 32. The monoisotopic (exact) mass is 668 g/mol. The van der Waals surface area contributed by atoms with Crippen LogP contribution in [0.1, 0.15) is 186 Å². The van der Waals surface area contributed by atoms with Crippen molar-refractivity contribution in [3.8, 4) is 0 Å². The topological polar surface area (TPSA) is 4.44 Å². The molecule has 47 heavy (non-hydrogen) atoms. The average Bonchev–Trinajstić information content (AvgIpc) is 3.07. The molecular weight excluding hydrogens is 590 g/mol. The van der Waals surface area contributed by atoms with Crippen LogP contribution in [0.15, 0.2) is 78.9 Å². The zero-order valence-corrected chi connectivity index (χ0v) is 32.5. The predicted molar refractivity (Wildman–Crippen MR) is 209 cm³/mol. The molecule has 1 rings (SSSR count). The molecule has 1 aromatic rings.